The molecule has 3 atom stereocenters. The van der Waals surface area contributed by atoms with Gasteiger partial charge in [-0.1, -0.05) is 36.2 Å². The Balaban J connectivity index is 1.08. The lowest BCUT2D eigenvalue weighted by atomic mass is 10.1. The van der Waals surface area contributed by atoms with Gasteiger partial charge < -0.3 is 24.8 Å². The molecule has 1 saturated heterocycles. The predicted molar refractivity (Wildman–Crippen MR) is 172 cm³/mol. The van der Waals surface area contributed by atoms with Crippen LogP contribution in [0.3, 0.4) is 0 Å². The summed E-state index contributed by atoms with van der Waals surface area (Å²) in [5.74, 6) is -0.528. The van der Waals surface area contributed by atoms with E-state index < -0.39 is 15.8 Å². The molecule has 0 aliphatic carbocycles. The van der Waals surface area contributed by atoms with Crippen LogP contribution >= 0.6 is 23.2 Å². The van der Waals surface area contributed by atoms with Crippen molar-refractivity contribution in [1.82, 2.24) is 24.9 Å². The van der Waals surface area contributed by atoms with Crippen molar-refractivity contribution in [1.29, 1.82) is 0 Å². The number of nitrogens with one attached hydrogen (secondary N) is 3. The van der Waals surface area contributed by atoms with Crippen LogP contribution in [0.5, 0.6) is 5.75 Å². The minimum Gasteiger partial charge on any atom is -0.491 e. The van der Waals surface area contributed by atoms with E-state index in [9.17, 15) is 8.42 Å². The van der Waals surface area contributed by atoms with Gasteiger partial charge in [-0.3, -0.25) is 0 Å². The molecular weight excluding hydrogens is 641 g/mol. The van der Waals surface area contributed by atoms with Gasteiger partial charge in [0.2, 0.25) is 15.8 Å². The van der Waals surface area contributed by atoms with Gasteiger partial charge in [0.1, 0.15) is 31.3 Å². The van der Waals surface area contributed by atoms with Crippen molar-refractivity contribution in [3.05, 3.63) is 88.7 Å². The van der Waals surface area contributed by atoms with Gasteiger partial charge in [0.15, 0.2) is 0 Å². The zero-order chi connectivity index (χ0) is 31.9. The van der Waals surface area contributed by atoms with Gasteiger partial charge in [-0.15, -0.1) is 5.10 Å². The highest BCUT2D eigenvalue weighted by Gasteiger charge is 2.45. The van der Waals surface area contributed by atoms with Gasteiger partial charge in [-0.2, -0.15) is 0 Å². The molecule has 0 spiro atoms. The van der Waals surface area contributed by atoms with Gasteiger partial charge >= 0.3 is 0 Å². The molecule has 3 aromatic carbocycles. The van der Waals surface area contributed by atoms with Crippen LogP contribution in [0.25, 0.3) is 0 Å². The second-order valence-corrected chi connectivity index (χ2v) is 13.1. The predicted octanol–water partition coefficient (Wildman–Crippen LogP) is 4.93. The summed E-state index contributed by atoms with van der Waals surface area (Å²) in [4.78, 5) is 0.246. The van der Waals surface area contributed by atoms with Crippen LogP contribution in [0.2, 0.25) is 10.0 Å². The smallest absolute Gasteiger partial charge is 0.240 e. The number of hydrogen-bond donors (Lipinski definition) is 3. The maximum atomic E-state index is 12.4. The molecule has 1 aromatic heterocycles. The lowest BCUT2D eigenvalue weighted by Crippen LogP contribution is -2.35. The first-order valence-corrected chi connectivity index (χ1v) is 16.7. The lowest BCUT2D eigenvalue weighted by Gasteiger charge is -2.29. The fourth-order valence-corrected chi connectivity index (χ4v) is 6.54. The lowest BCUT2D eigenvalue weighted by molar-refractivity contribution is -0.190. The fraction of sp³-hybridized carbons (Fsp3) is 0.367. The highest BCUT2D eigenvalue weighted by molar-refractivity contribution is 7.89. The highest BCUT2D eigenvalue weighted by Crippen LogP contribution is 2.40. The van der Waals surface area contributed by atoms with E-state index in [0.29, 0.717) is 34.4 Å². The SMILES string of the molecule is CCC(C)NS(=O)(=O)c1ccc(NCCNc2ccc(OC[C@@H]3CO[C@@](Cn4cnnn4)(c4ccc(Cl)cc4Cl)O3)cc2)cc1. The standard InChI is InChI=1S/C30H35Cl2N7O5S/c1-3-21(2)36-45(40,41)27-11-7-24(8-12-27)34-15-14-33-23-5-9-25(10-6-23)42-17-26-18-43-30(44-26,19-39-20-35-37-38-39)28-13-4-22(31)16-29(28)32/h4-13,16,20-21,26,33-34,36H,3,14-15,17-19H2,1-2H3/t21?,26-,30-/m1/s1. The average Bonchev–Trinajstić information content (AvgIpc) is 3.69. The Kier molecular flexibility index (Phi) is 10.8. The summed E-state index contributed by atoms with van der Waals surface area (Å²) in [6.07, 6.45) is 1.83. The van der Waals surface area contributed by atoms with Crippen molar-refractivity contribution in [2.45, 2.75) is 49.6 Å². The minimum absolute atomic E-state index is 0.119. The topological polar surface area (TPSA) is 142 Å². The third kappa shape index (κ3) is 8.63. The third-order valence-corrected chi connectivity index (χ3v) is 9.32. The number of benzene rings is 3. The van der Waals surface area contributed by atoms with Crippen molar-refractivity contribution in [2.24, 2.45) is 0 Å². The van der Waals surface area contributed by atoms with Crippen LogP contribution in [0.1, 0.15) is 25.8 Å². The summed E-state index contributed by atoms with van der Waals surface area (Å²) in [6.45, 7) is 5.79. The van der Waals surface area contributed by atoms with Crippen LogP contribution in [0.4, 0.5) is 11.4 Å². The summed E-state index contributed by atoms with van der Waals surface area (Å²) in [5.41, 5.74) is 2.39. The second-order valence-electron chi connectivity index (χ2n) is 10.6. The Morgan fingerprint density at radius 2 is 1.73 bits per heavy atom. The number of rotatable bonds is 15. The minimum atomic E-state index is -3.52. The maximum Gasteiger partial charge on any atom is 0.240 e. The molecule has 1 unspecified atom stereocenters. The number of anilines is 2. The molecule has 15 heteroatoms. The van der Waals surface area contributed by atoms with Crippen molar-refractivity contribution in [3.63, 3.8) is 0 Å². The molecule has 0 bridgehead atoms. The number of tetrazole rings is 1. The van der Waals surface area contributed by atoms with E-state index in [1.165, 1.54) is 11.0 Å². The molecule has 12 nitrogen and oxygen atoms in total. The molecule has 5 rings (SSSR count). The number of ether oxygens (including phenoxy) is 3. The molecule has 1 aliphatic heterocycles. The van der Waals surface area contributed by atoms with Crippen LogP contribution in [-0.2, 0) is 31.8 Å². The summed E-state index contributed by atoms with van der Waals surface area (Å²) in [5, 5.41) is 18.9. The number of aromatic nitrogens is 4. The van der Waals surface area contributed by atoms with Gasteiger partial charge in [0.25, 0.3) is 0 Å². The molecule has 2 heterocycles. The Labute approximate surface area is 272 Å². The van der Waals surface area contributed by atoms with Gasteiger partial charge in [-0.25, -0.2) is 17.8 Å². The number of hydrogen-bond acceptors (Lipinski definition) is 10. The van der Waals surface area contributed by atoms with Crippen molar-refractivity contribution >= 4 is 44.6 Å². The van der Waals surface area contributed by atoms with Crippen LogP contribution < -0.4 is 20.1 Å². The molecule has 240 valence electrons. The van der Waals surface area contributed by atoms with E-state index >= 15 is 0 Å². The molecule has 1 fully saturated rings. The van der Waals surface area contributed by atoms with E-state index in [4.69, 9.17) is 37.4 Å². The Hall–Kier alpha value is -3.46. The van der Waals surface area contributed by atoms with Crippen LogP contribution in [-0.4, -0.2) is 67.1 Å². The molecule has 45 heavy (non-hydrogen) atoms. The van der Waals surface area contributed by atoms with E-state index in [0.717, 1.165) is 17.8 Å². The van der Waals surface area contributed by atoms with Crippen molar-refractivity contribution in [2.75, 3.05) is 36.9 Å². The molecule has 0 saturated carbocycles. The van der Waals surface area contributed by atoms with Crippen LogP contribution in [0, 0.1) is 0 Å². The van der Waals surface area contributed by atoms with E-state index in [-0.39, 0.29) is 36.8 Å². The molecule has 4 aromatic rings. The van der Waals surface area contributed by atoms with Crippen molar-refractivity contribution in [3.8, 4) is 5.75 Å². The monoisotopic (exact) mass is 675 g/mol. The quantitative estimate of drug-likeness (QED) is 0.149. The molecule has 3 N–H and O–H groups in total. The average molecular weight is 677 g/mol. The fourth-order valence-electron chi connectivity index (χ4n) is 4.66. The summed E-state index contributed by atoms with van der Waals surface area (Å²) >= 11 is 12.6. The van der Waals surface area contributed by atoms with Gasteiger partial charge in [-0.05, 0) is 84.4 Å². The number of sulfonamides is 1. The molecule has 0 radical (unpaired) electrons. The first-order valence-electron chi connectivity index (χ1n) is 14.5. The summed E-state index contributed by atoms with van der Waals surface area (Å²) in [7, 11) is -3.52. The molecule has 1 aliphatic rings. The first kappa shape index (κ1) is 32.9. The third-order valence-electron chi connectivity index (χ3n) is 7.17. The zero-order valence-electron chi connectivity index (χ0n) is 24.8. The maximum absolute atomic E-state index is 12.4. The van der Waals surface area contributed by atoms with E-state index in [1.54, 1.807) is 42.5 Å². The zero-order valence-corrected chi connectivity index (χ0v) is 27.1. The first-order chi connectivity index (χ1) is 21.7. The van der Waals surface area contributed by atoms with Gasteiger partial charge in [0, 0.05) is 41.1 Å². The molecule has 0 amide bonds. The van der Waals surface area contributed by atoms with E-state index in [2.05, 4.69) is 30.9 Å². The largest absolute Gasteiger partial charge is 0.491 e. The Morgan fingerprint density at radius 3 is 2.36 bits per heavy atom. The Morgan fingerprint density at radius 1 is 1.04 bits per heavy atom. The van der Waals surface area contributed by atoms with Gasteiger partial charge in [0.05, 0.1) is 16.5 Å². The Bertz CT molecular complexity index is 1640. The number of halogens is 2. The van der Waals surface area contributed by atoms with E-state index in [1.807, 2.05) is 38.1 Å². The number of nitrogens with zero attached hydrogens (tertiary/aromatic N) is 4. The summed E-state index contributed by atoms with van der Waals surface area (Å²) < 4.78 is 47.6. The van der Waals surface area contributed by atoms with Crippen molar-refractivity contribution < 1.29 is 22.6 Å². The normalized spacial score (nSPS) is 18.9. The van der Waals surface area contributed by atoms with Crippen LogP contribution in [0.15, 0.2) is 78.0 Å². The molecular formula is C30H35Cl2N7O5S. The highest BCUT2D eigenvalue weighted by atomic mass is 35.5. The second kappa shape index (κ2) is 14.8. The summed E-state index contributed by atoms with van der Waals surface area (Å²) in [6, 6.07) is 19.4.